The lowest BCUT2D eigenvalue weighted by Gasteiger charge is -2.11. The van der Waals surface area contributed by atoms with Gasteiger partial charge < -0.3 is 9.57 Å². The van der Waals surface area contributed by atoms with Gasteiger partial charge in [-0.3, -0.25) is 0 Å². The standard InChI is InChI=1S/C17H17NO3/c1-20-17(19)15-7-3-5-13(11-15)12-4-2-6-14(10-12)16-8-9-21-18-16/h2-7,10-11,16,18H,8-9H2,1H3/t16-/m1/s1. The lowest BCUT2D eigenvalue weighted by atomic mass is 9.98. The van der Waals surface area contributed by atoms with Crippen molar-refractivity contribution in [2.45, 2.75) is 12.5 Å². The van der Waals surface area contributed by atoms with E-state index in [0.717, 1.165) is 24.2 Å². The van der Waals surface area contributed by atoms with E-state index >= 15 is 0 Å². The van der Waals surface area contributed by atoms with Crippen molar-refractivity contribution in [3.8, 4) is 11.1 Å². The highest BCUT2D eigenvalue weighted by Crippen LogP contribution is 2.27. The smallest absolute Gasteiger partial charge is 0.337 e. The van der Waals surface area contributed by atoms with Gasteiger partial charge in [0.2, 0.25) is 0 Å². The van der Waals surface area contributed by atoms with Crippen LogP contribution in [-0.4, -0.2) is 19.7 Å². The van der Waals surface area contributed by atoms with Crippen molar-refractivity contribution >= 4 is 5.97 Å². The predicted molar refractivity (Wildman–Crippen MR) is 79.7 cm³/mol. The molecule has 0 saturated carbocycles. The van der Waals surface area contributed by atoms with Crippen molar-refractivity contribution in [1.29, 1.82) is 0 Å². The first-order chi connectivity index (χ1) is 10.3. The molecular formula is C17H17NO3. The number of esters is 1. The van der Waals surface area contributed by atoms with E-state index in [1.165, 1.54) is 12.7 Å². The summed E-state index contributed by atoms with van der Waals surface area (Å²) in [5.74, 6) is -0.320. The average Bonchev–Trinajstić information content (AvgIpc) is 3.09. The molecule has 0 unspecified atom stereocenters. The van der Waals surface area contributed by atoms with E-state index in [0.29, 0.717) is 5.56 Å². The molecule has 1 aliphatic heterocycles. The van der Waals surface area contributed by atoms with E-state index < -0.39 is 0 Å². The third-order valence-corrected chi connectivity index (χ3v) is 3.64. The zero-order valence-electron chi connectivity index (χ0n) is 11.8. The van der Waals surface area contributed by atoms with Gasteiger partial charge in [-0.1, -0.05) is 30.3 Å². The summed E-state index contributed by atoms with van der Waals surface area (Å²) < 4.78 is 4.77. The first kappa shape index (κ1) is 13.8. The van der Waals surface area contributed by atoms with Gasteiger partial charge in [-0.2, -0.15) is 5.48 Å². The van der Waals surface area contributed by atoms with E-state index in [-0.39, 0.29) is 12.0 Å². The van der Waals surface area contributed by atoms with Crippen LogP contribution in [0.4, 0.5) is 0 Å². The predicted octanol–water partition coefficient (Wildman–Crippen LogP) is 3.11. The summed E-state index contributed by atoms with van der Waals surface area (Å²) in [6.45, 7) is 0.729. The topological polar surface area (TPSA) is 47.6 Å². The summed E-state index contributed by atoms with van der Waals surface area (Å²) in [6, 6.07) is 16.0. The summed E-state index contributed by atoms with van der Waals surface area (Å²) in [4.78, 5) is 16.8. The quantitative estimate of drug-likeness (QED) is 0.879. The molecule has 2 aromatic carbocycles. The molecule has 108 valence electrons. The van der Waals surface area contributed by atoms with Gasteiger partial charge in [0.25, 0.3) is 0 Å². The lowest BCUT2D eigenvalue weighted by Crippen LogP contribution is -2.11. The summed E-state index contributed by atoms with van der Waals surface area (Å²) in [7, 11) is 1.39. The Morgan fingerprint density at radius 3 is 2.67 bits per heavy atom. The minimum absolute atomic E-state index is 0.230. The van der Waals surface area contributed by atoms with Crippen LogP contribution in [0.3, 0.4) is 0 Å². The molecule has 1 fully saturated rings. The Labute approximate surface area is 123 Å². The number of hydrogen-bond acceptors (Lipinski definition) is 4. The van der Waals surface area contributed by atoms with Crippen molar-refractivity contribution in [2.24, 2.45) is 0 Å². The molecule has 0 bridgehead atoms. The fraction of sp³-hybridized carbons (Fsp3) is 0.235. The second-order valence-electron chi connectivity index (χ2n) is 5.01. The Balaban J connectivity index is 1.93. The van der Waals surface area contributed by atoms with Crippen LogP contribution in [-0.2, 0) is 9.57 Å². The fourth-order valence-corrected chi connectivity index (χ4v) is 2.51. The lowest BCUT2D eigenvalue weighted by molar-refractivity contribution is 0.0601. The first-order valence-corrected chi connectivity index (χ1v) is 6.94. The van der Waals surface area contributed by atoms with Gasteiger partial charge >= 0.3 is 5.97 Å². The Morgan fingerprint density at radius 2 is 1.95 bits per heavy atom. The summed E-state index contributed by atoms with van der Waals surface area (Å²) in [5.41, 5.74) is 6.84. The highest BCUT2D eigenvalue weighted by Gasteiger charge is 2.17. The van der Waals surface area contributed by atoms with E-state index in [1.807, 2.05) is 30.3 Å². The van der Waals surface area contributed by atoms with E-state index in [1.54, 1.807) is 6.07 Å². The molecule has 0 aromatic heterocycles. The summed E-state index contributed by atoms with van der Waals surface area (Å²) in [5, 5.41) is 0. The van der Waals surface area contributed by atoms with Crippen molar-refractivity contribution < 1.29 is 14.4 Å². The van der Waals surface area contributed by atoms with Gasteiger partial charge in [0.15, 0.2) is 0 Å². The summed E-state index contributed by atoms with van der Waals surface area (Å²) >= 11 is 0. The second kappa shape index (κ2) is 6.08. The minimum Gasteiger partial charge on any atom is -0.465 e. The maximum atomic E-state index is 11.6. The molecule has 0 spiro atoms. The minimum atomic E-state index is -0.320. The van der Waals surface area contributed by atoms with Crippen molar-refractivity contribution in [2.75, 3.05) is 13.7 Å². The van der Waals surface area contributed by atoms with Crippen molar-refractivity contribution in [3.63, 3.8) is 0 Å². The highest BCUT2D eigenvalue weighted by molar-refractivity contribution is 5.91. The van der Waals surface area contributed by atoms with E-state index in [2.05, 4.69) is 17.6 Å². The molecule has 2 aromatic rings. The summed E-state index contributed by atoms with van der Waals surface area (Å²) in [6.07, 6.45) is 0.964. The molecule has 0 radical (unpaired) electrons. The van der Waals surface area contributed by atoms with Crippen LogP contribution in [0.1, 0.15) is 28.4 Å². The zero-order valence-corrected chi connectivity index (χ0v) is 11.8. The molecule has 21 heavy (non-hydrogen) atoms. The normalized spacial score (nSPS) is 17.7. The number of carbonyl (C=O) groups excluding carboxylic acids is 1. The van der Waals surface area contributed by atoms with Gasteiger partial charge in [0.05, 0.1) is 25.3 Å². The maximum Gasteiger partial charge on any atom is 0.337 e. The molecule has 4 heteroatoms. The average molecular weight is 283 g/mol. The van der Waals surface area contributed by atoms with Crippen molar-refractivity contribution in [1.82, 2.24) is 5.48 Å². The molecule has 1 atom stereocenters. The van der Waals surface area contributed by atoms with E-state index in [9.17, 15) is 4.79 Å². The number of hydroxylamine groups is 1. The molecule has 1 N–H and O–H groups in total. The third kappa shape index (κ3) is 2.96. The zero-order chi connectivity index (χ0) is 14.7. The number of ether oxygens (including phenoxy) is 1. The van der Waals surface area contributed by atoms with Crippen LogP contribution < -0.4 is 5.48 Å². The van der Waals surface area contributed by atoms with Crippen LogP contribution in [0.25, 0.3) is 11.1 Å². The molecule has 1 aliphatic rings. The molecular weight excluding hydrogens is 266 g/mol. The van der Waals surface area contributed by atoms with Gasteiger partial charge in [-0.15, -0.1) is 0 Å². The monoisotopic (exact) mass is 283 g/mol. The van der Waals surface area contributed by atoms with E-state index in [4.69, 9.17) is 9.57 Å². The first-order valence-electron chi connectivity index (χ1n) is 6.94. The van der Waals surface area contributed by atoms with Gasteiger partial charge in [-0.25, -0.2) is 4.79 Å². The highest BCUT2D eigenvalue weighted by atomic mass is 16.7. The number of methoxy groups -OCH3 is 1. The second-order valence-corrected chi connectivity index (χ2v) is 5.01. The Bertz CT molecular complexity index is 648. The number of benzene rings is 2. The molecule has 0 amide bonds. The Kier molecular flexibility index (Phi) is 3.99. The molecule has 1 saturated heterocycles. The number of rotatable bonds is 3. The van der Waals surface area contributed by atoms with Crippen LogP contribution in [0.5, 0.6) is 0 Å². The van der Waals surface area contributed by atoms with Crippen LogP contribution in [0, 0.1) is 0 Å². The van der Waals surface area contributed by atoms with Crippen LogP contribution in [0.15, 0.2) is 48.5 Å². The number of hydrogen-bond donors (Lipinski definition) is 1. The Morgan fingerprint density at radius 1 is 1.19 bits per heavy atom. The van der Waals surface area contributed by atoms with Crippen LogP contribution >= 0.6 is 0 Å². The fourth-order valence-electron chi connectivity index (χ4n) is 2.51. The maximum absolute atomic E-state index is 11.6. The van der Waals surface area contributed by atoms with Gasteiger partial charge in [0, 0.05) is 0 Å². The molecule has 4 nitrogen and oxygen atoms in total. The molecule has 3 rings (SSSR count). The Hall–Kier alpha value is -2.17. The third-order valence-electron chi connectivity index (χ3n) is 3.64. The SMILES string of the molecule is COC(=O)c1cccc(-c2cccc([C@H]3CCON3)c2)c1. The molecule has 1 heterocycles. The number of nitrogens with one attached hydrogen (secondary N) is 1. The molecule has 0 aliphatic carbocycles. The van der Waals surface area contributed by atoms with Gasteiger partial charge in [0.1, 0.15) is 0 Å². The largest absolute Gasteiger partial charge is 0.465 e. The van der Waals surface area contributed by atoms with Crippen LogP contribution in [0.2, 0.25) is 0 Å². The number of carbonyl (C=O) groups is 1. The van der Waals surface area contributed by atoms with Gasteiger partial charge in [-0.05, 0) is 41.3 Å². The van der Waals surface area contributed by atoms with Crippen molar-refractivity contribution in [3.05, 3.63) is 59.7 Å².